The lowest BCUT2D eigenvalue weighted by Gasteiger charge is -2.06. The number of hydrogen-bond donors (Lipinski definition) is 0. The van der Waals surface area contributed by atoms with E-state index < -0.39 is 0 Å². The molecule has 0 bridgehead atoms. The summed E-state index contributed by atoms with van der Waals surface area (Å²) in [4.78, 5) is 13.9. The molecule has 132 valence electrons. The molecule has 0 fully saturated rings. The van der Waals surface area contributed by atoms with Crippen molar-refractivity contribution in [3.8, 4) is 11.4 Å². The second kappa shape index (κ2) is 7.25. The zero-order valence-corrected chi connectivity index (χ0v) is 16.1. The third kappa shape index (κ3) is 3.32. The van der Waals surface area contributed by atoms with E-state index in [1.807, 2.05) is 56.3 Å². The van der Waals surface area contributed by atoms with Crippen molar-refractivity contribution >= 4 is 33.6 Å². The molecular formula is C23H19N3S. The molecule has 3 nitrogen and oxygen atoms in total. The zero-order chi connectivity index (χ0) is 18.8. The maximum atomic E-state index is 4.78. The van der Waals surface area contributed by atoms with Crippen molar-refractivity contribution in [2.75, 3.05) is 0 Å². The van der Waals surface area contributed by atoms with E-state index in [0.29, 0.717) is 17.5 Å². The van der Waals surface area contributed by atoms with Crippen LogP contribution in [0.2, 0.25) is 0 Å². The minimum absolute atomic E-state index is 0.677. The first-order chi connectivity index (χ1) is 13.2. The topological polar surface area (TPSA) is 38.7 Å². The number of allylic oxidation sites excluding steroid dienone is 2. The predicted molar refractivity (Wildman–Crippen MR) is 114 cm³/mol. The summed E-state index contributed by atoms with van der Waals surface area (Å²) in [6.45, 7) is 8.23. The second-order valence-corrected chi connectivity index (χ2v) is 7.27. The van der Waals surface area contributed by atoms with Crippen molar-refractivity contribution in [3.63, 3.8) is 0 Å². The van der Waals surface area contributed by atoms with Gasteiger partial charge in [-0.2, -0.15) is 0 Å². The Morgan fingerprint density at radius 3 is 2.44 bits per heavy atom. The highest BCUT2D eigenvalue weighted by Crippen LogP contribution is 2.19. The highest BCUT2D eigenvalue weighted by Gasteiger charge is 2.11. The van der Waals surface area contributed by atoms with Crippen LogP contribution in [0, 0.1) is 6.92 Å². The molecule has 0 saturated carbocycles. The van der Waals surface area contributed by atoms with E-state index in [-0.39, 0.29) is 0 Å². The monoisotopic (exact) mass is 369 g/mol. The summed E-state index contributed by atoms with van der Waals surface area (Å²) in [7, 11) is 0. The van der Waals surface area contributed by atoms with Gasteiger partial charge in [-0.3, -0.25) is 0 Å². The highest BCUT2D eigenvalue weighted by molar-refractivity contribution is 7.17. The molecule has 0 aliphatic rings. The summed E-state index contributed by atoms with van der Waals surface area (Å²) in [5.41, 5.74) is 1.96. The Morgan fingerprint density at radius 1 is 0.963 bits per heavy atom. The molecule has 4 aromatic rings. The van der Waals surface area contributed by atoms with Gasteiger partial charge in [-0.25, -0.2) is 15.0 Å². The first kappa shape index (κ1) is 17.3. The fourth-order valence-electron chi connectivity index (χ4n) is 3.05. The lowest BCUT2D eigenvalue weighted by Crippen LogP contribution is -2.21. The van der Waals surface area contributed by atoms with Crippen molar-refractivity contribution in [2.45, 2.75) is 13.8 Å². The van der Waals surface area contributed by atoms with Gasteiger partial charge in [0.25, 0.3) is 0 Å². The van der Waals surface area contributed by atoms with E-state index in [9.17, 15) is 0 Å². The fourth-order valence-corrected chi connectivity index (χ4v) is 4.22. The molecule has 0 aliphatic carbocycles. The molecule has 4 rings (SSSR count). The largest absolute Gasteiger partial charge is 0.213 e. The lowest BCUT2D eigenvalue weighted by molar-refractivity contribution is 0.961. The Hall–Kier alpha value is -3.11. The summed E-state index contributed by atoms with van der Waals surface area (Å²) in [5.74, 6) is 2.07. The summed E-state index contributed by atoms with van der Waals surface area (Å²) in [6.07, 6.45) is 4.07. The van der Waals surface area contributed by atoms with Crippen LogP contribution in [0.5, 0.6) is 0 Å². The molecule has 0 radical (unpaired) electrons. The van der Waals surface area contributed by atoms with Gasteiger partial charge in [0, 0.05) is 20.4 Å². The number of rotatable bonds is 3. The molecule has 2 aromatic heterocycles. The first-order valence-corrected chi connectivity index (χ1v) is 9.61. The van der Waals surface area contributed by atoms with Crippen LogP contribution in [-0.2, 0) is 0 Å². The molecule has 4 heteroatoms. The zero-order valence-electron chi connectivity index (χ0n) is 15.3. The summed E-state index contributed by atoms with van der Waals surface area (Å²) in [6, 6.07) is 18.3. The molecule has 2 aromatic carbocycles. The molecule has 0 unspecified atom stereocenters. The Labute approximate surface area is 162 Å². The molecule has 2 heterocycles. The lowest BCUT2D eigenvalue weighted by atomic mass is 10.1. The van der Waals surface area contributed by atoms with E-state index in [2.05, 4.69) is 40.8 Å². The van der Waals surface area contributed by atoms with Gasteiger partial charge in [0.1, 0.15) is 5.82 Å². The first-order valence-electron chi connectivity index (χ1n) is 8.79. The number of thiophene rings is 1. The minimum atomic E-state index is 0.677. The van der Waals surface area contributed by atoms with Crippen LogP contribution in [0.1, 0.15) is 18.6 Å². The van der Waals surface area contributed by atoms with E-state index in [4.69, 9.17) is 4.98 Å². The van der Waals surface area contributed by atoms with E-state index in [1.54, 1.807) is 11.3 Å². The molecule has 0 atom stereocenters. The van der Waals surface area contributed by atoms with Gasteiger partial charge in [0.2, 0.25) is 0 Å². The number of aryl methyl sites for hydroxylation is 1. The van der Waals surface area contributed by atoms with Gasteiger partial charge >= 0.3 is 0 Å². The molecule has 0 saturated heterocycles. The van der Waals surface area contributed by atoms with Crippen LogP contribution in [0.3, 0.4) is 0 Å². The average molecular weight is 369 g/mol. The van der Waals surface area contributed by atoms with Crippen LogP contribution in [0.4, 0.5) is 0 Å². The molecule has 0 amide bonds. The second-order valence-electron chi connectivity index (χ2n) is 6.22. The van der Waals surface area contributed by atoms with Crippen molar-refractivity contribution < 1.29 is 0 Å². The van der Waals surface area contributed by atoms with Crippen molar-refractivity contribution in [1.82, 2.24) is 15.0 Å². The number of aromatic nitrogens is 3. The molecular weight excluding hydrogens is 350 g/mol. The standard InChI is InChI=1S/C23H19N3S/c1-4-10-19(21-15(2)18-13-8-9-14-20(18)27-21)23-25-16(3)24-22(26-23)17-11-6-5-7-12-17/h4-14H,2H2,1,3H3/b10-4-,21-19-. The van der Waals surface area contributed by atoms with Gasteiger partial charge in [-0.05, 0) is 30.5 Å². The number of nitrogens with zero attached hydrogens (tertiary/aromatic N) is 3. The number of benzene rings is 2. The molecule has 27 heavy (non-hydrogen) atoms. The van der Waals surface area contributed by atoms with Crippen LogP contribution in [0.25, 0.3) is 33.6 Å². The van der Waals surface area contributed by atoms with Crippen LogP contribution in [-0.4, -0.2) is 15.0 Å². The van der Waals surface area contributed by atoms with Crippen molar-refractivity contribution in [3.05, 3.63) is 88.1 Å². The fraction of sp³-hybridized carbons (Fsp3) is 0.0870. The third-order valence-corrected chi connectivity index (χ3v) is 5.54. The summed E-state index contributed by atoms with van der Waals surface area (Å²) < 4.78 is 2.31. The number of hydrogen-bond acceptors (Lipinski definition) is 4. The van der Waals surface area contributed by atoms with Crippen LogP contribution >= 0.6 is 11.3 Å². The van der Waals surface area contributed by atoms with Gasteiger partial charge in [-0.15, -0.1) is 11.3 Å². The molecule has 0 spiro atoms. The van der Waals surface area contributed by atoms with Gasteiger partial charge in [0.15, 0.2) is 11.6 Å². The Bertz CT molecular complexity index is 1250. The smallest absolute Gasteiger partial charge is 0.165 e. The normalized spacial score (nSPS) is 12.7. The quantitative estimate of drug-likeness (QED) is 0.542. The highest BCUT2D eigenvalue weighted by atomic mass is 32.1. The minimum Gasteiger partial charge on any atom is -0.213 e. The van der Waals surface area contributed by atoms with Crippen molar-refractivity contribution in [2.24, 2.45) is 0 Å². The number of fused-ring (bicyclic) bond motifs is 1. The Balaban J connectivity index is 2.03. The van der Waals surface area contributed by atoms with Gasteiger partial charge in [0.05, 0.1) is 0 Å². The van der Waals surface area contributed by atoms with Crippen LogP contribution in [0.15, 0.2) is 66.7 Å². The van der Waals surface area contributed by atoms with E-state index >= 15 is 0 Å². The Morgan fingerprint density at radius 2 is 1.70 bits per heavy atom. The molecule has 0 N–H and O–H groups in total. The average Bonchev–Trinajstić information content (AvgIpc) is 3.03. The maximum absolute atomic E-state index is 4.78. The predicted octanol–water partition coefficient (Wildman–Crippen LogP) is 4.25. The SMILES string of the molecule is C=c1/c(=C(\C=C/C)c2nc(C)nc(-c3ccccc3)n2)sc2ccccc12. The Kier molecular flexibility index (Phi) is 4.65. The van der Waals surface area contributed by atoms with Crippen LogP contribution < -0.4 is 9.75 Å². The van der Waals surface area contributed by atoms with Crippen molar-refractivity contribution in [1.29, 1.82) is 0 Å². The maximum Gasteiger partial charge on any atom is 0.165 e. The van der Waals surface area contributed by atoms with E-state index in [0.717, 1.165) is 20.9 Å². The van der Waals surface area contributed by atoms with E-state index in [1.165, 1.54) is 10.1 Å². The molecule has 0 aliphatic heterocycles. The summed E-state index contributed by atoms with van der Waals surface area (Å²) >= 11 is 1.72. The summed E-state index contributed by atoms with van der Waals surface area (Å²) in [5, 5.41) is 2.19. The third-order valence-electron chi connectivity index (χ3n) is 4.30. The van der Waals surface area contributed by atoms with Gasteiger partial charge in [-0.1, -0.05) is 67.3 Å². The van der Waals surface area contributed by atoms with Gasteiger partial charge < -0.3 is 0 Å².